The van der Waals surface area contributed by atoms with E-state index in [4.69, 9.17) is 4.74 Å². The van der Waals surface area contributed by atoms with Gasteiger partial charge >= 0.3 is 0 Å². The number of morpholine rings is 1. The lowest BCUT2D eigenvalue weighted by Gasteiger charge is -2.31. The average Bonchev–Trinajstić information content (AvgIpc) is 3.20. The van der Waals surface area contributed by atoms with Gasteiger partial charge in [-0.05, 0) is 57.2 Å². The van der Waals surface area contributed by atoms with Gasteiger partial charge < -0.3 is 15.0 Å². The number of hydrogen-bond acceptors (Lipinski definition) is 7. The maximum absolute atomic E-state index is 13.2. The number of carbonyl (C=O) groups is 1. The molecule has 33 heavy (non-hydrogen) atoms. The van der Waals surface area contributed by atoms with Gasteiger partial charge in [0.1, 0.15) is 4.88 Å². The van der Waals surface area contributed by atoms with E-state index in [-0.39, 0.29) is 10.8 Å². The number of nitrogens with zero attached hydrogens (tertiary/aromatic N) is 3. The molecule has 0 radical (unpaired) electrons. The van der Waals surface area contributed by atoms with Crippen molar-refractivity contribution in [2.45, 2.75) is 50.8 Å². The Labute approximate surface area is 200 Å². The largest absolute Gasteiger partial charge is 0.379 e. The van der Waals surface area contributed by atoms with E-state index in [9.17, 15) is 13.2 Å². The Morgan fingerprint density at radius 3 is 2.58 bits per heavy atom. The monoisotopic (exact) mass is 492 g/mol. The van der Waals surface area contributed by atoms with E-state index in [1.165, 1.54) is 22.1 Å². The van der Waals surface area contributed by atoms with Crippen molar-refractivity contribution in [1.82, 2.24) is 9.29 Å². The summed E-state index contributed by atoms with van der Waals surface area (Å²) < 4.78 is 33.3. The first-order valence-electron chi connectivity index (χ1n) is 11.6. The van der Waals surface area contributed by atoms with Gasteiger partial charge in [0.25, 0.3) is 5.91 Å². The number of carbonyl (C=O) groups excluding carboxylic acids is 1. The van der Waals surface area contributed by atoms with Crippen LogP contribution >= 0.6 is 11.3 Å². The smallest absolute Gasteiger partial charge is 0.267 e. The highest BCUT2D eigenvalue weighted by Crippen LogP contribution is 2.33. The Morgan fingerprint density at radius 2 is 1.88 bits per heavy atom. The van der Waals surface area contributed by atoms with Crippen LogP contribution in [-0.2, 0) is 21.2 Å². The van der Waals surface area contributed by atoms with E-state index in [0.717, 1.165) is 49.5 Å². The van der Waals surface area contributed by atoms with Crippen molar-refractivity contribution in [2.24, 2.45) is 0 Å². The SMILES string of the molecule is CCCc1nc(C)c(C(=O)Nc2cc(S(=O)(=O)N3CCOCC3)ccc2N2CCCCC2)s1. The van der Waals surface area contributed by atoms with Crippen LogP contribution in [0.15, 0.2) is 23.1 Å². The number of hydrogen-bond donors (Lipinski definition) is 1. The Balaban J connectivity index is 1.67. The van der Waals surface area contributed by atoms with Crippen molar-refractivity contribution in [3.8, 4) is 0 Å². The van der Waals surface area contributed by atoms with Gasteiger partial charge in [0.2, 0.25) is 10.0 Å². The Morgan fingerprint density at radius 1 is 1.15 bits per heavy atom. The molecule has 0 unspecified atom stereocenters. The van der Waals surface area contributed by atoms with Crippen LogP contribution in [0.5, 0.6) is 0 Å². The van der Waals surface area contributed by atoms with Gasteiger partial charge in [0, 0.05) is 26.2 Å². The van der Waals surface area contributed by atoms with Crippen LogP contribution in [0.4, 0.5) is 11.4 Å². The second kappa shape index (κ2) is 10.5. The number of amides is 1. The average molecular weight is 493 g/mol. The maximum Gasteiger partial charge on any atom is 0.267 e. The lowest BCUT2D eigenvalue weighted by molar-refractivity contribution is 0.0730. The van der Waals surface area contributed by atoms with Crippen molar-refractivity contribution in [2.75, 3.05) is 49.6 Å². The number of aromatic nitrogens is 1. The van der Waals surface area contributed by atoms with E-state index < -0.39 is 10.0 Å². The minimum Gasteiger partial charge on any atom is -0.379 e. The molecule has 1 aromatic heterocycles. The van der Waals surface area contributed by atoms with Gasteiger partial charge in [0.15, 0.2) is 0 Å². The van der Waals surface area contributed by atoms with E-state index in [2.05, 4.69) is 22.1 Å². The molecule has 0 spiro atoms. The van der Waals surface area contributed by atoms with Crippen LogP contribution in [-0.4, -0.2) is 63.0 Å². The van der Waals surface area contributed by atoms with Gasteiger partial charge in [-0.15, -0.1) is 11.3 Å². The molecule has 10 heteroatoms. The van der Waals surface area contributed by atoms with Gasteiger partial charge in [-0.2, -0.15) is 4.31 Å². The number of ether oxygens (including phenoxy) is 1. The molecular formula is C23H32N4O4S2. The molecule has 180 valence electrons. The third-order valence-electron chi connectivity index (χ3n) is 6.03. The summed E-state index contributed by atoms with van der Waals surface area (Å²) in [6.07, 6.45) is 5.15. The molecule has 1 amide bonds. The topological polar surface area (TPSA) is 91.8 Å². The zero-order valence-electron chi connectivity index (χ0n) is 19.3. The van der Waals surface area contributed by atoms with Crippen molar-refractivity contribution in [1.29, 1.82) is 0 Å². The number of piperidine rings is 1. The number of aryl methyl sites for hydroxylation is 2. The van der Waals surface area contributed by atoms with Crippen molar-refractivity contribution in [3.05, 3.63) is 33.8 Å². The van der Waals surface area contributed by atoms with Gasteiger partial charge in [-0.3, -0.25) is 4.79 Å². The van der Waals surface area contributed by atoms with Crippen LogP contribution < -0.4 is 10.2 Å². The van der Waals surface area contributed by atoms with E-state index >= 15 is 0 Å². The second-order valence-corrected chi connectivity index (χ2v) is 11.5. The zero-order valence-corrected chi connectivity index (χ0v) is 20.9. The number of anilines is 2. The number of sulfonamides is 1. The Hall–Kier alpha value is -2.01. The molecule has 4 rings (SSSR count). The molecule has 2 fully saturated rings. The van der Waals surface area contributed by atoms with Crippen LogP contribution in [0, 0.1) is 6.92 Å². The van der Waals surface area contributed by atoms with E-state index in [0.29, 0.717) is 42.6 Å². The summed E-state index contributed by atoms with van der Waals surface area (Å²) in [6.45, 7) is 7.14. The summed E-state index contributed by atoms with van der Waals surface area (Å²) in [4.78, 5) is 20.7. The minimum atomic E-state index is -3.67. The zero-order chi connectivity index (χ0) is 23.4. The lowest BCUT2D eigenvalue weighted by Crippen LogP contribution is -2.40. The summed E-state index contributed by atoms with van der Waals surface area (Å²) in [7, 11) is -3.67. The van der Waals surface area contributed by atoms with Crippen LogP contribution in [0.1, 0.15) is 53.0 Å². The van der Waals surface area contributed by atoms with Crippen molar-refractivity contribution >= 4 is 38.6 Å². The first-order valence-corrected chi connectivity index (χ1v) is 13.9. The molecule has 2 aliphatic rings. The summed E-state index contributed by atoms with van der Waals surface area (Å²) in [5.41, 5.74) is 2.10. The summed E-state index contributed by atoms with van der Waals surface area (Å²) in [5, 5.41) is 3.96. The fraction of sp³-hybridized carbons (Fsp3) is 0.565. The van der Waals surface area contributed by atoms with Crippen LogP contribution in [0.3, 0.4) is 0 Å². The number of thiazole rings is 1. The molecule has 3 heterocycles. The molecule has 0 bridgehead atoms. The third kappa shape index (κ3) is 5.40. The van der Waals surface area contributed by atoms with Gasteiger partial charge in [-0.25, -0.2) is 13.4 Å². The normalized spacial score (nSPS) is 17.8. The number of benzene rings is 1. The third-order valence-corrected chi connectivity index (χ3v) is 9.14. The van der Waals surface area contributed by atoms with Crippen molar-refractivity contribution < 1.29 is 17.9 Å². The molecule has 0 saturated carbocycles. The highest BCUT2D eigenvalue weighted by atomic mass is 32.2. The minimum absolute atomic E-state index is 0.188. The summed E-state index contributed by atoms with van der Waals surface area (Å²) in [6, 6.07) is 5.09. The molecule has 8 nitrogen and oxygen atoms in total. The lowest BCUT2D eigenvalue weighted by atomic mass is 10.1. The molecule has 0 atom stereocenters. The first kappa shape index (κ1) is 24.1. The molecule has 2 aromatic rings. The maximum atomic E-state index is 13.2. The fourth-order valence-corrected chi connectivity index (χ4v) is 6.78. The Kier molecular flexibility index (Phi) is 7.68. The predicted molar refractivity (Wildman–Crippen MR) is 131 cm³/mol. The van der Waals surface area contributed by atoms with Gasteiger partial charge in [0.05, 0.1) is 40.2 Å². The fourth-order valence-electron chi connectivity index (χ4n) is 4.29. The molecule has 2 aliphatic heterocycles. The standard InChI is InChI=1S/C23H32N4O4S2/c1-3-7-21-24-17(2)22(32-21)23(28)25-19-16-18(33(29,30)27-12-14-31-15-13-27)8-9-20(19)26-10-5-4-6-11-26/h8-9,16H,3-7,10-15H2,1-2H3,(H,25,28). The molecule has 2 saturated heterocycles. The van der Waals surface area contributed by atoms with Crippen LogP contribution in [0.2, 0.25) is 0 Å². The van der Waals surface area contributed by atoms with E-state index in [1.807, 2.05) is 13.0 Å². The van der Waals surface area contributed by atoms with E-state index in [1.54, 1.807) is 12.1 Å². The molecule has 1 N–H and O–H groups in total. The summed E-state index contributed by atoms with van der Waals surface area (Å²) in [5.74, 6) is -0.244. The Bertz CT molecular complexity index is 1090. The van der Waals surface area contributed by atoms with Gasteiger partial charge in [-0.1, -0.05) is 6.92 Å². The molecule has 0 aliphatic carbocycles. The summed E-state index contributed by atoms with van der Waals surface area (Å²) >= 11 is 1.41. The predicted octanol–water partition coefficient (Wildman–Crippen LogP) is 3.67. The highest BCUT2D eigenvalue weighted by molar-refractivity contribution is 7.89. The highest BCUT2D eigenvalue weighted by Gasteiger charge is 2.28. The van der Waals surface area contributed by atoms with Crippen LogP contribution in [0.25, 0.3) is 0 Å². The first-order chi connectivity index (χ1) is 15.9. The number of nitrogens with one attached hydrogen (secondary N) is 1. The molecule has 1 aromatic carbocycles. The molecular weight excluding hydrogens is 460 g/mol. The van der Waals surface area contributed by atoms with Crippen molar-refractivity contribution in [3.63, 3.8) is 0 Å². The number of rotatable bonds is 7. The quantitative estimate of drug-likeness (QED) is 0.634. The second-order valence-electron chi connectivity index (χ2n) is 8.47.